The zero-order valence-corrected chi connectivity index (χ0v) is 21.6. The van der Waals surface area contributed by atoms with Crippen molar-refractivity contribution in [2.45, 2.75) is 25.8 Å². The number of halogens is 1. The molecule has 5 rings (SSSR count). The standard InChI is InChI=1S/C26H26ClN3O5S/c1-16-22(25(32)34-14-13-33-2)23(17-5-7-18(27)8-6-17)30-24(31)20(36-26(30)28-16)15-19-9-10-21(35-19)29-11-3-4-12-29/h5-10,15,23H,3-4,11-14H2,1-2H3. The molecule has 2 aliphatic rings. The minimum absolute atomic E-state index is 0.0989. The zero-order chi connectivity index (χ0) is 25.2. The zero-order valence-electron chi connectivity index (χ0n) is 20.0. The maximum Gasteiger partial charge on any atom is 0.338 e. The van der Waals surface area contributed by atoms with Gasteiger partial charge in [0.1, 0.15) is 12.4 Å². The Bertz CT molecular complexity index is 1480. The lowest BCUT2D eigenvalue weighted by Gasteiger charge is -2.24. The number of thiazole rings is 1. The maximum absolute atomic E-state index is 13.7. The highest BCUT2D eigenvalue weighted by molar-refractivity contribution is 7.07. The van der Waals surface area contributed by atoms with Crippen LogP contribution in [0.2, 0.25) is 5.02 Å². The van der Waals surface area contributed by atoms with Crippen LogP contribution in [0.15, 0.2) is 61.9 Å². The summed E-state index contributed by atoms with van der Waals surface area (Å²) in [6.07, 6.45) is 4.03. The monoisotopic (exact) mass is 527 g/mol. The number of esters is 1. The first-order chi connectivity index (χ1) is 17.5. The van der Waals surface area contributed by atoms with E-state index in [-0.39, 0.29) is 18.8 Å². The van der Waals surface area contributed by atoms with E-state index < -0.39 is 12.0 Å². The van der Waals surface area contributed by atoms with E-state index in [9.17, 15) is 9.59 Å². The molecule has 188 valence electrons. The molecule has 1 saturated heterocycles. The number of hydrogen-bond acceptors (Lipinski definition) is 8. The van der Waals surface area contributed by atoms with Crippen LogP contribution in [-0.4, -0.2) is 43.9 Å². The van der Waals surface area contributed by atoms with Gasteiger partial charge in [0.15, 0.2) is 10.7 Å². The molecule has 1 aromatic carbocycles. The minimum atomic E-state index is -0.701. The van der Waals surface area contributed by atoms with E-state index in [0.717, 1.165) is 37.4 Å². The van der Waals surface area contributed by atoms with Gasteiger partial charge < -0.3 is 18.8 Å². The highest BCUT2D eigenvalue weighted by atomic mass is 35.5. The highest BCUT2D eigenvalue weighted by Crippen LogP contribution is 2.31. The molecule has 2 aliphatic heterocycles. The van der Waals surface area contributed by atoms with Gasteiger partial charge in [0, 0.05) is 37.4 Å². The molecule has 0 bridgehead atoms. The summed E-state index contributed by atoms with van der Waals surface area (Å²) in [5, 5.41) is 0.558. The molecule has 0 aliphatic carbocycles. The first-order valence-corrected chi connectivity index (χ1v) is 12.9. The van der Waals surface area contributed by atoms with Crippen molar-refractivity contribution in [3.8, 4) is 0 Å². The fourth-order valence-electron chi connectivity index (χ4n) is 4.50. The number of ether oxygens (including phenoxy) is 2. The normalized spacial score (nSPS) is 17.9. The molecule has 4 heterocycles. The number of fused-ring (bicyclic) bond motifs is 1. The van der Waals surface area contributed by atoms with Crippen LogP contribution in [0, 0.1) is 0 Å². The van der Waals surface area contributed by atoms with E-state index in [1.54, 1.807) is 41.8 Å². The van der Waals surface area contributed by atoms with Crippen molar-refractivity contribution in [1.29, 1.82) is 0 Å². The summed E-state index contributed by atoms with van der Waals surface area (Å²) < 4.78 is 18.4. The molecule has 0 amide bonds. The molecule has 0 radical (unpaired) electrons. The molecule has 1 fully saturated rings. The molecule has 10 heteroatoms. The van der Waals surface area contributed by atoms with Crippen LogP contribution < -0.4 is 19.8 Å². The first-order valence-electron chi connectivity index (χ1n) is 11.7. The van der Waals surface area contributed by atoms with Crippen molar-refractivity contribution in [2.24, 2.45) is 4.99 Å². The van der Waals surface area contributed by atoms with E-state index in [2.05, 4.69) is 9.89 Å². The summed E-state index contributed by atoms with van der Waals surface area (Å²) in [5.41, 5.74) is 1.28. The van der Waals surface area contributed by atoms with Gasteiger partial charge in [0.25, 0.3) is 5.56 Å². The lowest BCUT2D eigenvalue weighted by Crippen LogP contribution is -2.40. The number of anilines is 1. The summed E-state index contributed by atoms with van der Waals surface area (Å²) in [6.45, 7) is 4.06. The average molecular weight is 528 g/mol. The molecule has 0 spiro atoms. The summed E-state index contributed by atoms with van der Waals surface area (Å²) in [7, 11) is 1.53. The van der Waals surface area contributed by atoms with Gasteiger partial charge in [-0.25, -0.2) is 9.79 Å². The molecule has 1 unspecified atom stereocenters. The van der Waals surface area contributed by atoms with E-state index in [4.69, 9.17) is 25.5 Å². The Morgan fingerprint density at radius 2 is 1.94 bits per heavy atom. The lowest BCUT2D eigenvalue weighted by atomic mass is 9.96. The van der Waals surface area contributed by atoms with E-state index in [1.165, 1.54) is 18.4 Å². The van der Waals surface area contributed by atoms with E-state index in [1.807, 2.05) is 12.1 Å². The predicted octanol–water partition coefficient (Wildman–Crippen LogP) is 3.27. The largest absolute Gasteiger partial charge is 0.460 e. The minimum Gasteiger partial charge on any atom is -0.460 e. The number of nitrogens with zero attached hydrogens (tertiary/aromatic N) is 3. The van der Waals surface area contributed by atoms with Crippen molar-refractivity contribution in [1.82, 2.24) is 4.57 Å². The Hall–Kier alpha value is -3.14. The van der Waals surface area contributed by atoms with E-state index >= 15 is 0 Å². The van der Waals surface area contributed by atoms with Gasteiger partial charge in [-0.3, -0.25) is 9.36 Å². The van der Waals surface area contributed by atoms with Crippen molar-refractivity contribution in [2.75, 3.05) is 38.3 Å². The van der Waals surface area contributed by atoms with Crippen molar-refractivity contribution in [3.63, 3.8) is 0 Å². The number of hydrogen-bond donors (Lipinski definition) is 0. The average Bonchev–Trinajstić information content (AvgIpc) is 3.61. The number of allylic oxidation sites excluding steroid dienone is 1. The Labute approximate surface area is 216 Å². The summed E-state index contributed by atoms with van der Waals surface area (Å²) in [4.78, 5) is 34.1. The van der Waals surface area contributed by atoms with Crippen LogP contribution in [0.5, 0.6) is 0 Å². The molecular weight excluding hydrogens is 502 g/mol. The van der Waals surface area contributed by atoms with Crippen LogP contribution in [0.4, 0.5) is 5.88 Å². The fraction of sp³-hybridized carbons (Fsp3) is 0.346. The maximum atomic E-state index is 13.7. The topological polar surface area (TPSA) is 86.3 Å². The quantitative estimate of drug-likeness (QED) is 0.346. The predicted molar refractivity (Wildman–Crippen MR) is 138 cm³/mol. The van der Waals surface area contributed by atoms with E-state index in [0.29, 0.717) is 31.4 Å². The summed E-state index contributed by atoms with van der Waals surface area (Å²) in [6, 6.07) is 10.2. The molecule has 0 saturated carbocycles. The highest BCUT2D eigenvalue weighted by Gasteiger charge is 2.33. The second-order valence-electron chi connectivity index (χ2n) is 8.63. The molecule has 8 nitrogen and oxygen atoms in total. The second kappa shape index (κ2) is 10.5. The number of rotatable bonds is 7. The number of methoxy groups -OCH3 is 1. The third-order valence-electron chi connectivity index (χ3n) is 6.25. The third kappa shape index (κ3) is 4.78. The lowest BCUT2D eigenvalue weighted by molar-refractivity contribution is -0.140. The molecule has 0 N–H and O–H groups in total. The smallest absolute Gasteiger partial charge is 0.338 e. The van der Waals surface area contributed by atoms with Crippen LogP contribution >= 0.6 is 22.9 Å². The second-order valence-corrected chi connectivity index (χ2v) is 10.1. The Balaban J connectivity index is 1.58. The fourth-order valence-corrected chi connectivity index (χ4v) is 5.65. The van der Waals surface area contributed by atoms with Crippen molar-refractivity contribution < 1.29 is 18.7 Å². The number of carbonyl (C=O) groups excluding carboxylic acids is 1. The number of carbonyl (C=O) groups is 1. The van der Waals surface area contributed by atoms with Crippen LogP contribution in [0.1, 0.15) is 37.1 Å². The number of benzene rings is 1. The Morgan fingerprint density at radius 3 is 2.67 bits per heavy atom. The van der Waals surface area contributed by atoms with Gasteiger partial charge in [-0.05, 0) is 43.5 Å². The van der Waals surface area contributed by atoms with Gasteiger partial charge in [0.2, 0.25) is 0 Å². The summed E-state index contributed by atoms with van der Waals surface area (Å²) >= 11 is 7.38. The molecular formula is C26H26ClN3O5S. The number of furan rings is 1. The first kappa shape index (κ1) is 24.5. The Kier molecular flexibility index (Phi) is 7.13. The van der Waals surface area contributed by atoms with Gasteiger partial charge in [0.05, 0.1) is 28.5 Å². The van der Waals surface area contributed by atoms with Gasteiger partial charge in [-0.15, -0.1) is 0 Å². The SMILES string of the molecule is COCCOC(=O)C1=C(C)N=c2sc(=Cc3ccc(N4CCCC4)o3)c(=O)n2C1c1ccc(Cl)cc1. The molecule has 3 aromatic rings. The van der Waals surface area contributed by atoms with Gasteiger partial charge in [-0.2, -0.15) is 0 Å². The van der Waals surface area contributed by atoms with Crippen LogP contribution in [-0.2, 0) is 14.3 Å². The number of aromatic nitrogens is 1. The van der Waals surface area contributed by atoms with Crippen LogP contribution in [0.3, 0.4) is 0 Å². The van der Waals surface area contributed by atoms with Crippen molar-refractivity contribution in [3.05, 3.63) is 83.7 Å². The van der Waals surface area contributed by atoms with Crippen molar-refractivity contribution >= 4 is 40.9 Å². The molecule has 1 atom stereocenters. The molecule has 2 aromatic heterocycles. The molecule has 36 heavy (non-hydrogen) atoms. The Morgan fingerprint density at radius 1 is 1.19 bits per heavy atom. The third-order valence-corrected chi connectivity index (χ3v) is 7.49. The van der Waals surface area contributed by atoms with Crippen LogP contribution in [0.25, 0.3) is 6.08 Å². The summed E-state index contributed by atoms with van der Waals surface area (Å²) in [5.74, 6) is 0.867. The van der Waals surface area contributed by atoms with Gasteiger partial charge >= 0.3 is 5.97 Å². The van der Waals surface area contributed by atoms with Gasteiger partial charge in [-0.1, -0.05) is 35.1 Å².